The minimum Gasteiger partial charge on any atom is -0.376 e. The van der Waals surface area contributed by atoms with Crippen LogP contribution in [0.5, 0.6) is 0 Å². The highest BCUT2D eigenvalue weighted by atomic mass is 32.1. The van der Waals surface area contributed by atoms with E-state index in [0.717, 1.165) is 23.5 Å². The summed E-state index contributed by atoms with van der Waals surface area (Å²) in [4.78, 5) is 11.7. The van der Waals surface area contributed by atoms with Gasteiger partial charge in [-0.15, -0.1) is 10.2 Å². The maximum Gasteiger partial charge on any atom is 0.245 e. The van der Waals surface area contributed by atoms with Gasteiger partial charge in [-0.25, -0.2) is 0 Å². The first kappa shape index (κ1) is 13.5. The molecule has 1 heterocycles. The van der Waals surface area contributed by atoms with Crippen LogP contribution in [0.15, 0.2) is 30.3 Å². The Bertz CT molecular complexity index is 526. The van der Waals surface area contributed by atoms with Gasteiger partial charge < -0.3 is 5.32 Å². The monoisotopic (exact) mass is 276 g/mol. The van der Waals surface area contributed by atoms with Crippen molar-refractivity contribution in [2.75, 3.05) is 17.2 Å². The average Bonchev–Trinajstić information content (AvgIpc) is 2.85. The van der Waals surface area contributed by atoms with Crippen LogP contribution in [0.2, 0.25) is 0 Å². The smallest absolute Gasteiger partial charge is 0.245 e. The Kier molecular flexibility index (Phi) is 4.85. The molecule has 19 heavy (non-hydrogen) atoms. The van der Waals surface area contributed by atoms with Gasteiger partial charge in [-0.1, -0.05) is 36.5 Å². The lowest BCUT2D eigenvalue weighted by Crippen LogP contribution is -2.21. The zero-order chi connectivity index (χ0) is 13.5. The fraction of sp³-hybridized carbons (Fsp3) is 0.308. The number of nitrogens with zero attached hydrogens (tertiary/aromatic N) is 2. The van der Waals surface area contributed by atoms with E-state index in [1.165, 1.54) is 11.3 Å². The quantitative estimate of drug-likeness (QED) is 0.851. The van der Waals surface area contributed by atoms with Crippen molar-refractivity contribution in [2.24, 2.45) is 0 Å². The molecule has 1 aromatic heterocycles. The predicted octanol–water partition coefficient (Wildman–Crippen LogP) is 2.54. The van der Waals surface area contributed by atoms with Crippen molar-refractivity contribution in [3.63, 3.8) is 0 Å². The van der Waals surface area contributed by atoms with Crippen LogP contribution in [0.3, 0.4) is 0 Å². The van der Waals surface area contributed by atoms with Crippen LogP contribution in [0.1, 0.15) is 18.4 Å². The van der Waals surface area contributed by atoms with Gasteiger partial charge in [-0.3, -0.25) is 10.1 Å². The Balaban J connectivity index is 1.80. The fourth-order valence-corrected chi connectivity index (χ4v) is 2.38. The third-order valence-electron chi connectivity index (χ3n) is 2.40. The van der Waals surface area contributed by atoms with Crippen LogP contribution < -0.4 is 10.6 Å². The molecule has 0 unspecified atom stereocenters. The fourth-order valence-electron chi connectivity index (χ4n) is 1.52. The summed E-state index contributed by atoms with van der Waals surface area (Å²) in [6.07, 6.45) is 1.92. The lowest BCUT2D eigenvalue weighted by molar-refractivity contribution is -0.114. The van der Waals surface area contributed by atoms with Crippen molar-refractivity contribution in [3.8, 4) is 0 Å². The topological polar surface area (TPSA) is 66.9 Å². The first-order valence-corrected chi connectivity index (χ1v) is 7.00. The van der Waals surface area contributed by atoms with Crippen LogP contribution in [-0.2, 0) is 11.2 Å². The summed E-state index contributed by atoms with van der Waals surface area (Å²) in [5.74, 6) is -0.122. The number of hydrogen-bond acceptors (Lipinski definition) is 5. The molecule has 0 spiro atoms. The van der Waals surface area contributed by atoms with E-state index in [2.05, 4.69) is 27.8 Å². The molecule has 0 atom stereocenters. The van der Waals surface area contributed by atoms with Crippen LogP contribution >= 0.6 is 11.3 Å². The standard InChI is InChI=1S/C13H16N4OS/c1-2-6-12-16-17-13(19-12)15-11(18)9-14-10-7-4-3-5-8-10/h3-5,7-8,14H,2,6,9H2,1H3,(H,15,17,18). The highest BCUT2D eigenvalue weighted by Gasteiger charge is 2.07. The normalized spacial score (nSPS) is 10.2. The first-order chi connectivity index (χ1) is 9.28. The van der Waals surface area contributed by atoms with Gasteiger partial charge in [0.05, 0.1) is 6.54 Å². The molecular weight excluding hydrogens is 260 g/mol. The van der Waals surface area contributed by atoms with E-state index >= 15 is 0 Å². The molecule has 2 rings (SSSR count). The number of carbonyl (C=O) groups excluding carboxylic acids is 1. The number of amides is 1. The van der Waals surface area contributed by atoms with Crippen LogP contribution in [-0.4, -0.2) is 22.6 Å². The van der Waals surface area contributed by atoms with Gasteiger partial charge >= 0.3 is 0 Å². The summed E-state index contributed by atoms with van der Waals surface area (Å²) in [6, 6.07) is 9.60. The molecule has 6 heteroatoms. The number of para-hydroxylation sites is 1. The molecule has 100 valence electrons. The molecule has 2 aromatic rings. The van der Waals surface area contributed by atoms with Gasteiger partial charge in [0.25, 0.3) is 0 Å². The van der Waals surface area contributed by atoms with E-state index in [0.29, 0.717) is 5.13 Å². The van der Waals surface area contributed by atoms with Crippen molar-refractivity contribution in [1.82, 2.24) is 10.2 Å². The average molecular weight is 276 g/mol. The van der Waals surface area contributed by atoms with Crippen molar-refractivity contribution in [1.29, 1.82) is 0 Å². The molecule has 1 amide bonds. The molecular formula is C13H16N4OS. The maximum atomic E-state index is 11.7. The number of aromatic nitrogens is 2. The molecule has 5 nitrogen and oxygen atoms in total. The number of carbonyl (C=O) groups is 1. The SMILES string of the molecule is CCCc1nnc(NC(=O)CNc2ccccc2)s1. The summed E-state index contributed by atoms with van der Waals surface area (Å²) in [5.41, 5.74) is 0.918. The molecule has 2 N–H and O–H groups in total. The van der Waals surface area contributed by atoms with Crippen molar-refractivity contribution < 1.29 is 4.79 Å². The number of aryl methyl sites for hydroxylation is 1. The summed E-state index contributed by atoms with van der Waals surface area (Å²) in [7, 11) is 0. The number of rotatable bonds is 6. The molecule has 0 aliphatic carbocycles. The van der Waals surface area contributed by atoms with E-state index in [9.17, 15) is 4.79 Å². The van der Waals surface area contributed by atoms with Crippen LogP contribution in [0.25, 0.3) is 0 Å². The van der Waals surface area contributed by atoms with Crippen LogP contribution in [0, 0.1) is 0 Å². The van der Waals surface area contributed by atoms with Gasteiger partial charge in [0.15, 0.2) is 0 Å². The second-order valence-corrected chi connectivity index (χ2v) is 5.08. The summed E-state index contributed by atoms with van der Waals surface area (Å²) in [5, 5.41) is 15.2. The molecule has 0 saturated carbocycles. The van der Waals surface area contributed by atoms with Gasteiger partial charge in [-0.2, -0.15) is 0 Å². The minimum absolute atomic E-state index is 0.122. The van der Waals surface area contributed by atoms with E-state index in [1.807, 2.05) is 30.3 Å². The highest BCUT2D eigenvalue weighted by Crippen LogP contribution is 2.16. The molecule has 1 aromatic carbocycles. The van der Waals surface area contributed by atoms with E-state index in [-0.39, 0.29) is 12.5 Å². The molecule has 0 fully saturated rings. The lowest BCUT2D eigenvalue weighted by Gasteiger charge is -2.04. The summed E-state index contributed by atoms with van der Waals surface area (Å²) < 4.78 is 0. The molecule has 0 bridgehead atoms. The number of nitrogens with one attached hydrogen (secondary N) is 2. The van der Waals surface area contributed by atoms with E-state index < -0.39 is 0 Å². The molecule has 0 radical (unpaired) electrons. The minimum atomic E-state index is -0.122. The van der Waals surface area contributed by atoms with Crippen molar-refractivity contribution in [3.05, 3.63) is 35.3 Å². The second-order valence-electron chi connectivity index (χ2n) is 4.02. The Morgan fingerprint density at radius 1 is 1.26 bits per heavy atom. The number of benzene rings is 1. The molecule has 0 saturated heterocycles. The summed E-state index contributed by atoms with van der Waals surface area (Å²) >= 11 is 1.43. The lowest BCUT2D eigenvalue weighted by atomic mass is 10.3. The molecule has 0 aliphatic rings. The highest BCUT2D eigenvalue weighted by molar-refractivity contribution is 7.15. The van der Waals surface area contributed by atoms with E-state index in [4.69, 9.17) is 0 Å². The second kappa shape index (κ2) is 6.84. The predicted molar refractivity (Wildman–Crippen MR) is 77.5 cm³/mol. The number of hydrogen-bond donors (Lipinski definition) is 2. The Hall–Kier alpha value is -1.95. The van der Waals surface area contributed by atoms with E-state index in [1.54, 1.807) is 0 Å². The number of anilines is 2. The Morgan fingerprint density at radius 2 is 2.05 bits per heavy atom. The zero-order valence-electron chi connectivity index (χ0n) is 10.7. The summed E-state index contributed by atoms with van der Waals surface area (Å²) in [6.45, 7) is 2.30. The van der Waals surface area contributed by atoms with Gasteiger partial charge in [0.1, 0.15) is 5.01 Å². The zero-order valence-corrected chi connectivity index (χ0v) is 11.5. The maximum absolute atomic E-state index is 11.7. The molecule has 0 aliphatic heterocycles. The van der Waals surface area contributed by atoms with Crippen molar-refractivity contribution in [2.45, 2.75) is 19.8 Å². The van der Waals surface area contributed by atoms with Gasteiger partial charge in [-0.05, 0) is 18.6 Å². The van der Waals surface area contributed by atoms with Crippen LogP contribution in [0.4, 0.5) is 10.8 Å². The third kappa shape index (κ3) is 4.33. The third-order valence-corrected chi connectivity index (χ3v) is 3.30. The largest absolute Gasteiger partial charge is 0.376 e. The first-order valence-electron chi connectivity index (χ1n) is 6.19. The van der Waals surface area contributed by atoms with Gasteiger partial charge in [0, 0.05) is 12.1 Å². The van der Waals surface area contributed by atoms with Gasteiger partial charge in [0.2, 0.25) is 11.0 Å². The Labute approximate surface area is 116 Å². The van der Waals surface area contributed by atoms with Crippen molar-refractivity contribution >= 4 is 28.1 Å². The Morgan fingerprint density at radius 3 is 2.79 bits per heavy atom.